The summed E-state index contributed by atoms with van der Waals surface area (Å²) in [6.45, 7) is 4.15. The van der Waals surface area contributed by atoms with Crippen molar-refractivity contribution in [2.45, 2.75) is 19.9 Å². The highest BCUT2D eigenvalue weighted by atomic mass is 16.5. The molecule has 26 heavy (non-hydrogen) atoms. The van der Waals surface area contributed by atoms with Gasteiger partial charge in [-0.3, -0.25) is 0 Å². The standard InChI is InChI=1S/C19H24N4O3/c1-12(2)14(11-24)21-18-7-8-19-20-10-15(23(19)22-18)13-5-6-16(25-3)17(9-13)26-4/h5-10,12,14,24H,11H2,1-4H3,(H,21,22). The van der Waals surface area contributed by atoms with E-state index in [0.29, 0.717) is 17.3 Å². The van der Waals surface area contributed by atoms with Gasteiger partial charge in [-0.1, -0.05) is 13.8 Å². The van der Waals surface area contributed by atoms with E-state index in [9.17, 15) is 5.11 Å². The van der Waals surface area contributed by atoms with E-state index in [4.69, 9.17) is 9.47 Å². The fourth-order valence-corrected chi connectivity index (χ4v) is 2.76. The average Bonchev–Trinajstić information content (AvgIpc) is 3.08. The Hall–Kier alpha value is -2.80. The van der Waals surface area contributed by atoms with Crippen LogP contribution in [0.4, 0.5) is 5.82 Å². The first-order valence-corrected chi connectivity index (χ1v) is 8.52. The Morgan fingerprint density at radius 1 is 1.12 bits per heavy atom. The van der Waals surface area contributed by atoms with Crippen LogP contribution in [0.5, 0.6) is 11.5 Å². The molecule has 0 aliphatic carbocycles. The molecule has 7 heteroatoms. The first kappa shape index (κ1) is 18.0. The van der Waals surface area contributed by atoms with Crippen LogP contribution in [0.1, 0.15) is 13.8 Å². The minimum absolute atomic E-state index is 0.0455. The molecule has 3 aromatic rings. The number of benzene rings is 1. The summed E-state index contributed by atoms with van der Waals surface area (Å²) >= 11 is 0. The highest BCUT2D eigenvalue weighted by molar-refractivity contribution is 5.67. The van der Waals surface area contributed by atoms with Crippen molar-refractivity contribution in [1.29, 1.82) is 0 Å². The fourth-order valence-electron chi connectivity index (χ4n) is 2.76. The largest absolute Gasteiger partial charge is 0.493 e. The summed E-state index contributed by atoms with van der Waals surface area (Å²) in [6.07, 6.45) is 1.78. The maximum absolute atomic E-state index is 9.54. The van der Waals surface area contributed by atoms with Gasteiger partial charge in [-0.25, -0.2) is 9.50 Å². The van der Waals surface area contributed by atoms with E-state index < -0.39 is 0 Å². The van der Waals surface area contributed by atoms with Gasteiger partial charge in [-0.15, -0.1) is 5.10 Å². The second kappa shape index (κ2) is 7.61. The van der Waals surface area contributed by atoms with Crippen LogP contribution in [-0.2, 0) is 0 Å². The van der Waals surface area contributed by atoms with Gasteiger partial charge in [0.05, 0.1) is 38.8 Å². The van der Waals surface area contributed by atoms with E-state index in [1.165, 1.54) is 0 Å². The molecule has 0 aliphatic heterocycles. The van der Waals surface area contributed by atoms with Crippen LogP contribution >= 0.6 is 0 Å². The van der Waals surface area contributed by atoms with Crippen molar-refractivity contribution < 1.29 is 14.6 Å². The number of rotatable bonds is 7. The number of nitrogens with zero attached hydrogens (tertiary/aromatic N) is 3. The van der Waals surface area contributed by atoms with Crippen LogP contribution in [0.15, 0.2) is 36.5 Å². The van der Waals surface area contributed by atoms with E-state index in [1.807, 2.05) is 30.3 Å². The molecule has 0 radical (unpaired) electrons. The number of imidazole rings is 1. The van der Waals surface area contributed by atoms with Crippen molar-refractivity contribution in [3.63, 3.8) is 0 Å². The normalized spacial score (nSPS) is 12.4. The number of nitrogens with one attached hydrogen (secondary N) is 1. The minimum atomic E-state index is -0.0620. The molecule has 7 nitrogen and oxygen atoms in total. The number of hydrogen-bond donors (Lipinski definition) is 2. The lowest BCUT2D eigenvalue weighted by molar-refractivity contribution is 0.249. The SMILES string of the molecule is COc1ccc(-c2cnc3ccc(NC(CO)C(C)C)nn23)cc1OC. The van der Waals surface area contributed by atoms with Crippen molar-refractivity contribution >= 4 is 11.5 Å². The van der Waals surface area contributed by atoms with Crippen molar-refractivity contribution in [2.24, 2.45) is 5.92 Å². The number of anilines is 1. The van der Waals surface area contributed by atoms with Gasteiger partial charge in [0.2, 0.25) is 0 Å². The number of hydrogen-bond acceptors (Lipinski definition) is 6. The Balaban J connectivity index is 2.01. The maximum atomic E-state index is 9.54. The molecule has 3 rings (SSSR count). The zero-order valence-electron chi connectivity index (χ0n) is 15.4. The molecular formula is C19H24N4O3. The van der Waals surface area contributed by atoms with E-state index in [2.05, 4.69) is 29.2 Å². The van der Waals surface area contributed by atoms with E-state index >= 15 is 0 Å². The Morgan fingerprint density at radius 3 is 2.54 bits per heavy atom. The van der Waals surface area contributed by atoms with Crippen molar-refractivity contribution in [2.75, 3.05) is 26.1 Å². The molecule has 2 N–H and O–H groups in total. The lowest BCUT2D eigenvalue weighted by Crippen LogP contribution is -2.30. The third kappa shape index (κ3) is 3.43. The summed E-state index contributed by atoms with van der Waals surface area (Å²) in [5.41, 5.74) is 2.50. The third-order valence-electron chi connectivity index (χ3n) is 4.38. The van der Waals surface area contributed by atoms with Crippen LogP contribution in [0.3, 0.4) is 0 Å². The van der Waals surface area contributed by atoms with Crippen molar-refractivity contribution in [1.82, 2.24) is 14.6 Å². The van der Waals surface area contributed by atoms with Gasteiger partial charge in [0.1, 0.15) is 5.82 Å². The summed E-state index contributed by atoms with van der Waals surface area (Å²) in [7, 11) is 3.22. The molecule has 0 spiro atoms. The molecule has 2 heterocycles. The van der Waals surface area contributed by atoms with E-state index in [1.54, 1.807) is 24.9 Å². The van der Waals surface area contributed by atoms with Gasteiger partial charge in [0.25, 0.3) is 0 Å². The fraction of sp³-hybridized carbons (Fsp3) is 0.368. The van der Waals surface area contributed by atoms with Crippen molar-refractivity contribution in [3.05, 3.63) is 36.5 Å². The lowest BCUT2D eigenvalue weighted by atomic mass is 10.1. The van der Waals surface area contributed by atoms with Crippen LogP contribution in [-0.4, -0.2) is 46.6 Å². The summed E-state index contributed by atoms with van der Waals surface area (Å²) in [5, 5.41) is 17.5. The minimum Gasteiger partial charge on any atom is -0.493 e. The molecule has 0 amide bonds. The number of ether oxygens (including phenoxy) is 2. The predicted molar refractivity (Wildman–Crippen MR) is 101 cm³/mol. The van der Waals surface area contributed by atoms with Crippen LogP contribution < -0.4 is 14.8 Å². The number of fused-ring (bicyclic) bond motifs is 1. The topological polar surface area (TPSA) is 80.9 Å². The zero-order chi connectivity index (χ0) is 18.7. The number of methoxy groups -OCH3 is 2. The Kier molecular flexibility index (Phi) is 5.27. The molecule has 0 saturated carbocycles. The smallest absolute Gasteiger partial charge is 0.161 e. The zero-order valence-corrected chi connectivity index (χ0v) is 15.4. The van der Waals surface area contributed by atoms with Gasteiger partial charge in [0, 0.05) is 5.56 Å². The van der Waals surface area contributed by atoms with Crippen LogP contribution in [0.25, 0.3) is 16.9 Å². The lowest BCUT2D eigenvalue weighted by Gasteiger charge is -2.20. The molecule has 1 atom stereocenters. The Morgan fingerprint density at radius 2 is 1.88 bits per heavy atom. The summed E-state index contributed by atoms with van der Waals surface area (Å²) in [5.74, 6) is 2.29. The number of aliphatic hydroxyl groups excluding tert-OH is 1. The molecule has 138 valence electrons. The van der Waals surface area contributed by atoms with Gasteiger partial charge < -0.3 is 19.9 Å². The second-order valence-electron chi connectivity index (χ2n) is 6.38. The molecule has 0 fully saturated rings. The highest BCUT2D eigenvalue weighted by Crippen LogP contribution is 2.32. The maximum Gasteiger partial charge on any atom is 0.161 e. The monoisotopic (exact) mass is 356 g/mol. The van der Waals surface area contributed by atoms with Gasteiger partial charge >= 0.3 is 0 Å². The number of aromatic nitrogens is 3. The average molecular weight is 356 g/mol. The van der Waals surface area contributed by atoms with Gasteiger partial charge in [-0.2, -0.15) is 0 Å². The predicted octanol–water partition coefficient (Wildman–Crippen LogP) is 2.84. The van der Waals surface area contributed by atoms with E-state index in [0.717, 1.165) is 16.9 Å². The quantitative estimate of drug-likeness (QED) is 0.677. The molecule has 0 bridgehead atoms. The van der Waals surface area contributed by atoms with Crippen LogP contribution in [0.2, 0.25) is 0 Å². The van der Waals surface area contributed by atoms with Crippen LogP contribution in [0, 0.1) is 5.92 Å². The Labute approximate surface area is 152 Å². The van der Waals surface area contributed by atoms with Crippen molar-refractivity contribution in [3.8, 4) is 22.8 Å². The Bertz CT molecular complexity index is 892. The molecule has 0 saturated heterocycles. The van der Waals surface area contributed by atoms with Gasteiger partial charge in [0.15, 0.2) is 17.1 Å². The molecule has 0 aliphatic rings. The highest BCUT2D eigenvalue weighted by Gasteiger charge is 2.15. The molecule has 1 aromatic carbocycles. The molecule has 1 unspecified atom stereocenters. The summed E-state index contributed by atoms with van der Waals surface area (Å²) in [6, 6.07) is 9.40. The van der Waals surface area contributed by atoms with Gasteiger partial charge in [-0.05, 0) is 36.2 Å². The summed E-state index contributed by atoms with van der Waals surface area (Å²) < 4.78 is 12.5. The first-order valence-electron chi connectivity index (χ1n) is 8.52. The second-order valence-corrected chi connectivity index (χ2v) is 6.38. The summed E-state index contributed by atoms with van der Waals surface area (Å²) in [4.78, 5) is 4.42. The number of aliphatic hydroxyl groups is 1. The molecular weight excluding hydrogens is 332 g/mol. The first-order chi connectivity index (χ1) is 12.6. The molecule has 2 aromatic heterocycles. The van der Waals surface area contributed by atoms with E-state index in [-0.39, 0.29) is 18.6 Å². The third-order valence-corrected chi connectivity index (χ3v) is 4.38.